The van der Waals surface area contributed by atoms with Gasteiger partial charge in [0.25, 0.3) is 5.91 Å². The van der Waals surface area contributed by atoms with E-state index in [1.54, 1.807) is 0 Å². The van der Waals surface area contributed by atoms with Crippen LogP contribution in [0.15, 0.2) is 64.1 Å². The highest BCUT2D eigenvalue weighted by molar-refractivity contribution is 6.09. The van der Waals surface area contributed by atoms with E-state index in [4.69, 9.17) is 9.52 Å². The minimum absolute atomic E-state index is 0.00504. The number of carbonyl (C=O) groups excluding carboxylic acids is 1. The van der Waals surface area contributed by atoms with E-state index in [0.29, 0.717) is 11.7 Å². The fourth-order valence-corrected chi connectivity index (χ4v) is 4.21. The maximum absolute atomic E-state index is 13.1. The maximum atomic E-state index is 13.1. The number of rotatable bonds is 5. The molecule has 0 fully saturated rings. The molecule has 166 valence electrons. The van der Waals surface area contributed by atoms with Crippen molar-refractivity contribution in [2.24, 2.45) is 10.5 Å². The molecule has 1 heterocycles. The number of furan rings is 1. The summed E-state index contributed by atoms with van der Waals surface area (Å²) in [7, 11) is 0. The summed E-state index contributed by atoms with van der Waals surface area (Å²) in [5, 5.41) is 7.69. The molecule has 0 saturated carbocycles. The Kier molecular flexibility index (Phi) is 5.92. The van der Waals surface area contributed by atoms with Crippen molar-refractivity contribution in [1.29, 1.82) is 0 Å². The van der Waals surface area contributed by atoms with Gasteiger partial charge < -0.3 is 9.73 Å². The lowest BCUT2D eigenvalue weighted by molar-refractivity contribution is 0.0993. The number of hydrazone groups is 1. The largest absolute Gasteiger partial charge is 0.455 e. The molecule has 0 saturated heterocycles. The number of amides is 1. The normalized spacial score (nSPS) is 16.1. The number of benzene rings is 2. The molecular formula is C27H31N3O2. The van der Waals surface area contributed by atoms with Crippen LogP contribution < -0.4 is 10.7 Å². The Morgan fingerprint density at radius 1 is 1.00 bits per heavy atom. The van der Waals surface area contributed by atoms with E-state index >= 15 is 0 Å². The van der Waals surface area contributed by atoms with Crippen LogP contribution >= 0.6 is 0 Å². The van der Waals surface area contributed by atoms with Crippen molar-refractivity contribution in [3.8, 4) is 0 Å². The third-order valence-corrected chi connectivity index (χ3v) is 5.93. The van der Waals surface area contributed by atoms with E-state index < -0.39 is 0 Å². The smallest absolute Gasteiger partial charge is 0.291 e. The van der Waals surface area contributed by atoms with Crippen LogP contribution in [0.5, 0.6) is 0 Å². The fourth-order valence-electron chi connectivity index (χ4n) is 4.21. The molecular weight excluding hydrogens is 398 g/mol. The van der Waals surface area contributed by atoms with E-state index in [2.05, 4.69) is 38.4 Å². The number of para-hydroxylation sites is 1. The second-order valence-corrected chi connectivity index (χ2v) is 9.64. The number of nitrogens with zero attached hydrogens (tertiary/aromatic N) is 1. The van der Waals surface area contributed by atoms with Crippen molar-refractivity contribution in [3.05, 3.63) is 82.8 Å². The third-order valence-electron chi connectivity index (χ3n) is 5.93. The van der Waals surface area contributed by atoms with Crippen LogP contribution in [0.3, 0.4) is 0 Å². The monoisotopic (exact) mass is 429 g/mol. The van der Waals surface area contributed by atoms with Crippen molar-refractivity contribution < 1.29 is 9.21 Å². The molecule has 0 radical (unpaired) electrons. The quantitative estimate of drug-likeness (QED) is 0.441. The standard InChI is InChI=1S/C27H31N3O2/c1-17(2)19-11-13-20(14-12-19)28-26(31)25-18(3)24-22(15-27(4,5)16-23(24)32-25)30-29-21-9-7-6-8-10-21/h6-14,17,29H,15-16H2,1-5H3,(H,28,31)/b30-22-. The van der Waals surface area contributed by atoms with E-state index in [0.717, 1.165) is 46.8 Å². The summed E-state index contributed by atoms with van der Waals surface area (Å²) in [6.45, 7) is 10.6. The molecule has 5 nitrogen and oxygen atoms in total. The fraction of sp³-hybridized carbons (Fsp3) is 0.333. The van der Waals surface area contributed by atoms with Crippen molar-refractivity contribution >= 4 is 23.0 Å². The minimum Gasteiger partial charge on any atom is -0.455 e. The van der Waals surface area contributed by atoms with Crippen molar-refractivity contribution in [3.63, 3.8) is 0 Å². The van der Waals surface area contributed by atoms with Gasteiger partial charge >= 0.3 is 0 Å². The second kappa shape index (κ2) is 8.65. The van der Waals surface area contributed by atoms with E-state index in [-0.39, 0.29) is 11.3 Å². The van der Waals surface area contributed by atoms with Gasteiger partial charge in [0.1, 0.15) is 5.76 Å². The minimum atomic E-state index is -0.234. The summed E-state index contributed by atoms with van der Waals surface area (Å²) in [6.07, 6.45) is 1.57. The Balaban J connectivity index is 1.62. The Bertz CT molecular complexity index is 1140. The molecule has 5 heteroatoms. The summed E-state index contributed by atoms with van der Waals surface area (Å²) < 4.78 is 6.13. The van der Waals surface area contributed by atoms with Crippen molar-refractivity contribution in [2.45, 2.75) is 53.4 Å². The molecule has 3 aromatic rings. The van der Waals surface area contributed by atoms with E-state index in [1.807, 2.05) is 61.5 Å². The Labute approximate surface area is 189 Å². The first-order valence-electron chi connectivity index (χ1n) is 11.1. The zero-order valence-corrected chi connectivity index (χ0v) is 19.5. The molecule has 2 aromatic carbocycles. The molecule has 0 aliphatic heterocycles. The molecule has 1 aliphatic rings. The van der Waals surface area contributed by atoms with Crippen LogP contribution in [0, 0.1) is 12.3 Å². The van der Waals surface area contributed by atoms with Gasteiger partial charge in [-0.3, -0.25) is 10.2 Å². The highest BCUT2D eigenvalue weighted by Crippen LogP contribution is 2.39. The molecule has 2 N–H and O–H groups in total. The molecule has 1 aliphatic carbocycles. The third kappa shape index (κ3) is 4.62. The summed E-state index contributed by atoms with van der Waals surface area (Å²) in [4.78, 5) is 13.1. The number of hydrogen-bond acceptors (Lipinski definition) is 4. The molecule has 0 spiro atoms. The van der Waals surface area contributed by atoms with E-state index in [9.17, 15) is 4.79 Å². The molecule has 0 unspecified atom stereocenters. The number of fused-ring (bicyclic) bond motifs is 1. The Morgan fingerprint density at radius 2 is 1.69 bits per heavy atom. The summed E-state index contributed by atoms with van der Waals surface area (Å²) >= 11 is 0. The molecule has 0 atom stereocenters. The van der Waals surface area contributed by atoms with Crippen LogP contribution in [0.4, 0.5) is 11.4 Å². The van der Waals surface area contributed by atoms with Gasteiger partial charge in [0.15, 0.2) is 5.76 Å². The van der Waals surface area contributed by atoms with Crippen LogP contribution in [-0.4, -0.2) is 11.6 Å². The Morgan fingerprint density at radius 3 is 2.34 bits per heavy atom. The zero-order chi connectivity index (χ0) is 22.9. The van der Waals surface area contributed by atoms with Crippen LogP contribution in [-0.2, 0) is 6.42 Å². The second-order valence-electron chi connectivity index (χ2n) is 9.64. The highest BCUT2D eigenvalue weighted by Gasteiger charge is 2.36. The average Bonchev–Trinajstić information content (AvgIpc) is 3.08. The molecule has 0 bridgehead atoms. The summed E-state index contributed by atoms with van der Waals surface area (Å²) in [5.41, 5.74) is 8.78. The first-order chi connectivity index (χ1) is 15.2. The number of anilines is 2. The summed E-state index contributed by atoms with van der Waals surface area (Å²) in [6, 6.07) is 17.8. The van der Waals surface area contributed by atoms with Gasteiger partial charge in [-0.05, 0) is 54.5 Å². The van der Waals surface area contributed by atoms with Crippen molar-refractivity contribution in [1.82, 2.24) is 0 Å². The first kappa shape index (κ1) is 21.9. The zero-order valence-electron chi connectivity index (χ0n) is 19.5. The van der Waals surface area contributed by atoms with Crippen LogP contribution in [0.25, 0.3) is 0 Å². The molecule has 4 rings (SSSR count). The molecule has 32 heavy (non-hydrogen) atoms. The predicted octanol–water partition coefficient (Wildman–Crippen LogP) is 6.75. The van der Waals surface area contributed by atoms with Crippen LogP contribution in [0.1, 0.15) is 73.0 Å². The van der Waals surface area contributed by atoms with Gasteiger partial charge in [0.2, 0.25) is 0 Å². The molecule has 1 aromatic heterocycles. The Hall–Kier alpha value is -3.34. The van der Waals surface area contributed by atoms with Gasteiger partial charge in [0, 0.05) is 23.2 Å². The molecule has 1 amide bonds. The van der Waals surface area contributed by atoms with Gasteiger partial charge in [-0.1, -0.05) is 58.0 Å². The average molecular weight is 430 g/mol. The van der Waals surface area contributed by atoms with Crippen LogP contribution in [0.2, 0.25) is 0 Å². The SMILES string of the molecule is Cc1c(C(=O)Nc2ccc(C(C)C)cc2)oc2c1/C(=N\Nc1ccccc1)CC(C)(C)C2. The lowest BCUT2D eigenvalue weighted by Crippen LogP contribution is -2.27. The maximum Gasteiger partial charge on any atom is 0.291 e. The highest BCUT2D eigenvalue weighted by atomic mass is 16.4. The van der Waals surface area contributed by atoms with Gasteiger partial charge in [0.05, 0.1) is 11.4 Å². The topological polar surface area (TPSA) is 66.6 Å². The van der Waals surface area contributed by atoms with Crippen molar-refractivity contribution in [2.75, 3.05) is 10.7 Å². The van der Waals surface area contributed by atoms with Gasteiger partial charge in [-0.25, -0.2) is 0 Å². The number of carbonyl (C=O) groups is 1. The number of nitrogens with one attached hydrogen (secondary N) is 2. The summed E-state index contributed by atoms with van der Waals surface area (Å²) in [5.74, 6) is 1.40. The van der Waals surface area contributed by atoms with Gasteiger partial charge in [-0.15, -0.1) is 0 Å². The lowest BCUT2D eigenvalue weighted by Gasteiger charge is -2.29. The van der Waals surface area contributed by atoms with Gasteiger partial charge in [-0.2, -0.15) is 5.10 Å². The lowest BCUT2D eigenvalue weighted by atomic mass is 9.75. The first-order valence-corrected chi connectivity index (χ1v) is 11.1. The number of hydrogen-bond donors (Lipinski definition) is 2. The van der Waals surface area contributed by atoms with E-state index in [1.165, 1.54) is 5.56 Å². The predicted molar refractivity (Wildman–Crippen MR) is 131 cm³/mol.